The van der Waals surface area contributed by atoms with Crippen molar-refractivity contribution < 1.29 is 13.9 Å². The number of aryl methyl sites for hydroxylation is 1. The Morgan fingerprint density at radius 1 is 1.03 bits per heavy atom. The molecule has 34 heavy (non-hydrogen) atoms. The van der Waals surface area contributed by atoms with E-state index in [4.69, 9.17) is 20.8 Å². The highest BCUT2D eigenvalue weighted by Crippen LogP contribution is 2.34. The number of para-hydroxylation sites is 1. The van der Waals surface area contributed by atoms with Crippen molar-refractivity contribution in [3.63, 3.8) is 0 Å². The molecule has 174 valence electrons. The molecule has 4 aromatic rings. The van der Waals surface area contributed by atoms with Crippen molar-refractivity contribution in [2.75, 3.05) is 11.9 Å². The van der Waals surface area contributed by atoms with Crippen LogP contribution in [-0.2, 0) is 10.2 Å². The van der Waals surface area contributed by atoms with Gasteiger partial charge in [-0.25, -0.2) is 0 Å². The van der Waals surface area contributed by atoms with E-state index < -0.39 is 0 Å². The van der Waals surface area contributed by atoms with Gasteiger partial charge in [0.05, 0.1) is 5.39 Å². The molecule has 0 fully saturated rings. The second-order valence-corrected chi connectivity index (χ2v) is 9.62. The van der Waals surface area contributed by atoms with E-state index in [2.05, 4.69) is 26.1 Å². The maximum atomic E-state index is 13.4. The summed E-state index contributed by atoms with van der Waals surface area (Å²) in [6, 6.07) is 20.1. The lowest BCUT2D eigenvalue weighted by Gasteiger charge is -2.19. The van der Waals surface area contributed by atoms with E-state index in [1.165, 1.54) is 0 Å². The van der Waals surface area contributed by atoms with Crippen LogP contribution in [0.4, 0.5) is 5.69 Å². The molecule has 0 radical (unpaired) electrons. The minimum atomic E-state index is -0.387. The third kappa shape index (κ3) is 5.00. The molecular weight excluding hydrogens is 450 g/mol. The molecule has 4 rings (SSSR count). The Labute approximate surface area is 203 Å². The fourth-order valence-corrected chi connectivity index (χ4v) is 3.76. The van der Waals surface area contributed by atoms with Crippen LogP contribution in [0.2, 0.25) is 5.02 Å². The molecule has 1 amide bonds. The van der Waals surface area contributed by atoms with Crippen molar-refractivity contribution in [2.24, 2.45) is 0 Å². The zero-order valence-corrected chi connectivity index (χ0v) is 20.3. The normalized spacial score (nSPS) is 11.4. The van der Waals surface area contributed by atoms with E-state index in [0.717, 1.165) is 11.1 Å². The Balaban J connectivity index is 1.75. The second kappa shape index (κ2) is 9.35. The number of carbonyl (C=O) groups is 1. The highest BCUT2D eigenvalue weighted by atomic mass is 35.5. The molecule has 0 spiro atoms. The van der Waals surface area contributed by atoms with Gasteiger partial charge in [0, 0.05) is 16.3 Å². The molecule has 0 bridgehead atoms. The lowest BCUT2D eigenvalue weighted by molar-refractivity contribution is -0.118. The van der Waals surface area contributed by atoms with Gasteiger partial charge < -0.3 is 14.5 Å². The minimum Gasteiger partial charge on any atom is -0.476 e. The maximum absolute atomic E-state index is 13.4. The van der Waals surface area contributed by atoms with Crippen molar-refractivity contribution in [1.82, 2.24) is 0 Å². The number of halogens is 1. The van der Waals surface area contributed by atoms with E-state index in [0.29, 0.717) is 27.2 Å². The molecule has 0 saturated heterocycles. The van der Waals surface area contributed by atoms with Crippen LogP contribution >= 0.6 is 11.6 Å². The molecule has 3 aromatic carbocycles. The topological polar surface area (TPSA) is 68.5 Å². The SMILES string of the molecule is Cc1cc2oc(-c3ccc(C(C)(C)C)cc3)c(OCC(=O)Nc3ccccc3)c(=O)c2cc1Cl. The standard InChI is InChI=1S/C28H26ClNO4/c1-17-14-23-21(15-22(17)29)25(32)27(33-16-24(31)30-20-8-6-5-7-9-20)26(34-23)18-10-12-19(13-11-18)28(2,3)4/h5-15H,16H2,1-4H3,(H,30,31). The largest absolute Gasteiger partial charge is 0.476 e. The number of fused-ring (bicyclic) bond motifs is 1. The van der Waals surface area contributed by atoms with Crippen LogP contribution in [0.3, 0.4) is 0 Å². The number of amides is 1. The Morgan fingerprint density at radius 3 is 2.35 bits per heavy atom. The molecule has 1 aromatic heterocycles. The lowest BCUT2D eigenvalue weighted by Crippen LogP contribution is -2.22. The number of ether oxygens (including phenoxy) is 1. The van der Waals surface area contributed by atoms with Crippen LogP contribution in [-0.4, -0.2) is 12.5 Å². The highest BCUT2D eigenvalue weighted by molar-refractivity contribution is 6.32. The van der Waals surface area contributed by atoms with Gasteiger partial charge in [0.15, 0.2) is 12.4 Å². The number of rotatable bonds is 5. The summed E-state index contributed by atoms with van der Waals surface area (Å²) in [4.78, 5) is 25.9. The smallest absolute Gasteiger partial charge is 0.262 e. The first kappa shape index (κ1) is 23.6. The number of hydrogen-bond donors (Lipinski definition) is 1. The molecule has 0 aliphatic heterocycles. The lowest BCUT2D eigenvalue weighted by atomic mass is 9.86. The van der Waals surface area contributed by atoms with Crippen LogP contribution < -0.4 is 15.5 Å². The summed E-state index contributed by atoms with van der Waals surface area (Å²) in [6.07, 6.45) is 0. The summed E-state index contributed by atoms with van der Waals surface area (Å²) in [5.41, 5.74) is 3.26. The van der Waals surface area contributed by atoms with Crippen LogP contribution in [0.5, 0.6) is 5.75 Å². The van der Waals surface area contributed by atoms with E-state index in [1.54, 1.807) is 24.3 Å². The third-order valence-electron chi connectivity index (χ3n) is 5.55. The molecule has 0 aliphatic carbocycles. The van der Waals surface area contributed by atoms with Gasteiger partial charge in [-0.3, -0.25) is 9.59 Å². The third-order valence-corrected chi connectivity index (χ3v) is 5.96. The van der Waals surface area contributed by atoms with Gasteiger partial charge in [0.25, 0.3) is 5.91 Å². The number of carbonyl (C=O) groups excluding carboxylic acids is 1. The molecule has 0 aliphatic rings. The molecule has 1 heterocycles. The van der Waals surface area contributed by atoms with E-state index in [9.17, 15) is 9.59 Å². The summed E-state index contributed by atoms with van der Waals surface area (Å²) >= 11 is 6.26. The second-order valence-electron chi connectivity index (χ2n) is 9.22. The van der Waals surface area contributed by atoms with Crippen molar-refractivity contribution in [3.8, 4) is 17.1 Å². The Morgan fingerprint density at radius 2 is 1.71 bits per heavy atom. The average Bonchev–Trinajstić information content (AvgIpc) is 2.80. The van der Waals surface area contributed by atoms with Crippen LogP contribution in [0, 0.1) is 6.92 Å². The molecule has 0 saturated carbocycles. The van der Waals surface area contributed by atoms with Gasteiger partial charge in [-0.2, -0.15) is 0 Å². The van der Waals surface area contributed by atoms with E-state index in [1.807, 2.05) is 49.4 Å². The van der Waals surface area contributed by atoms with E-state index >= 15 is 0 Å². The van der Waals surface area contributed by atoms with Crippen molar-refractivity contribution in [1.29, 1.82) is 0 Å². The number of nitrogens with one attached hydrogen (secondary N) is 1. The highest BCUT2D eigenvalue weighted by Gasteiger charge is 2.21. The molecule has 1 N–H and O–H groups in total. The zero-order valence-electron chi connectivity index (χ0n) is 19.6. The maximum Gasteiger partial charge on any atom is 0.262 e. The Hall–Kier alpha value is -3.57. The number of benzene rings is 3. The molecule has 0 unspecified atom stereocenters. The van der Waals surface area contributed by atoms with Gasteiger partial charge in [-0.05, 0) is 47.7 Å². The van der Waals surface area contributed by atoms with Gasteiger partial charge in [-0.1, -0.05) is 74.8 Å². The van der Waals surface area contributed by atoms with Gasteiger partial charge in [0.1, 0.15) is 5.58 Å². The quantitative estimate of drug-likeness (QED) is 0.347. The summed E-state index contributed by atoms with van der Waals surface area (Å²) < 4.78 is 11.9. The fraction of sp³-hybridized carbons (Fsp3) is 0.214. The van der Waals surface area contributed by atoms with Gasteiger partial charge >= 0.3 is 0 Å². The van der Waals surface area contributed by atoms with Gasteiger partial charge in [-0.15, -0.1) is 0 Å². The predicted molar refractivity (Wildman–Crippen MR) is 137 cm³/mol. The fourth-order valence-electron chi connectivity index (χ4n) is 3.60. The minimum absolute atomic E-state index is 0.0224. The summed E-state index contributed by atoms with van der Waals surface area (Å²) in [6.45, 7) is 7.88. The monoisotopic (exact) mass is 475 g/mol. The Bertz CT molecular complexity index is 1400. The van der Waals surface area contributed by atoms with Crippen LogP contribution in [0.25, 0.3) is 22.3 Å². The first-order chi connectivity index (χ1) is 16.1. The van der Waals surface area contributed by atoms with Crippen molar-refractivity contribution >= 4 is 34.2 Å². The summed E-state index contributed by atoms with van der Waals surface area (Å²) in [5.74, 6) is -0.145. The van der Waals surface area contributed by atoms with Crippen molar-refractivity contribution in [3.05, 3.63) is 93.1 Å². The number of anilines is 1. The molecule has 5 nitrogen and oxygen atoms in total. The average molecular weight is 476 g/mol. The number of hydrogen-bond acceptors (Lipinski definition) is 4. The molecule has 6 heteroatoms. The van der Waals surface area contributed by atoms with Crippen molar-refractivity contribution in [2.45, 2.75) is 33.1 Å². The Kier molecular flexibility index (Phi) is 6.49. The van der Waals surface area contributed by atoms with Crippen LogP contribution in [0.1, 0.15) is 31.9 Å². The molecular formula is C28H26ClNO4. The molecule has 0 atom stereocenters. The summed E-state index contributed by atoms with van der Waals surface area (Å²) in [5, 5.41) is 3.50. The zero-order chi connectivity index (χ0) is 24.5. The van der Waals surface area contributed by atoms with E-state index in [-0.39, 0.29) is 34.9 Å². The first-order valence-electron chi connectivity index (χ1n) is 11.0. The first-order valence-corrected chi connectivity index (χ1v) is 11.4. The predicted octanol–water partition coefficient (Wildman–Crippen LogP) is 6.74. The van der Waals surface area contributed by atoms with Crippen LogP contribution in [0.15, 0.2) is 75.9 Å². The summed E-state index contributed by atoms with van der Waals surface area (Å²) in [7, 11) is 0. The van der Waals surface area contributed by atoms with Gasteiger partial charge in [0.2, 0.25) is 11.2 Å².